The number of nitrogens with zero attached hydrogens (tertiary/aromatic N) is 4. The summed E-state index contributed by atoms with van der Waals surface area (Å²) in [4.78, 5) is 0.694. The molecule has 0 spiro atoms. The molecule has 4 rings (SSSR count). The van der Waals surface area contributed by atoms with Crippen molar-refractivity contribution in [1.29, 1.82) is 0 Å². The van der Waals surface area contributed by atoms with Gasteiger partial charge in [0.05, 0.1) is 35.5 Å². The van der Waals surface area contributed by atoms with Gasteiger partial charge in [-0.15, -0.1) is 10.2 Å². The largest absolute Gasteiger partial charge is 0.493 e. The molecule has 0 aliphatic rings. The highest BCUT2D eigenvalue weighted by atomic mass is 32.1. The van der Waals surface area contributed by atoms with Crippen molar-refractivity contribution in [3.63, 3.8) is 0 Å². The molecule has 0 saturated heterocycles. The zero-order valence-electron chi connectivity index (χ0n) is 17.8. The molecule has 2 aromatic carbocycles. The summed E-state index contributed by atoms with van der Waals surface area (Å²) in [5.41, 5.74) is 1.84. The molecule has 0 aliphatic carbocycles. The van der Waals surface area contributed by atoms with Crippen LogP contribution in [0.25, 0.3) is 15.5 Å². The first-order valence-corrected chi connectivity index (χ1v) is 10.2. The molecule has 0 amide bonds. The van der Waals surface area contributed by atoms with E-state index in [-0.39, 0.29) is 0 Å². The molecular weight excluding hydrogens is 420 g/mol. The predicted octanol–water partition coefficient (Wildman–Crippen LogP) is 3.49. The van der Waals surface area contributed by atoms with E-state index in [1.165, 1.54) is 11.3 Å². The van der Waals surface area contributed by atoms with Crippen molar-refractivity contribution in [1.82, 2.24) is 19.8 Å². The molecular formula is C21H22N4O5S. The van der Waals surface area contributed by atoms with E-state index in [0.717, 1.165) is 22.0 Å². The van der Waals surface area contributed by atoms with Crippen molar-refractivity contribution in [2.75, 3.05) is 35.5 Å². The van der Waals surface area contributed by atoms with Crippen LogP contribution in [0.2, 0.25) is 0 Å². The second-order valence-electron chi connectivity index (χ2n) is 6.50. The zero-order valence-corrected chi connectivity index (χ0v) is 18.6. The molecule has 9 nitrogen and oxygen atoms in total. The monoisotopic (exact) mass is 442 g/mol. The molecule has 2 heterocycles. The fraction of sp³-hybridized carbons (Fsp3) is 0.286. The van der Waals surface area contributed by atoms with Crippen LogP contribution in [0.1, 0.15) is 11.4 Å². The highest BCUT2D eigenvalue weighted by Gasteiger charge is 2.19. The van der Waals surface area contributed by atoms with Crippen LogP contribution >= 0.6 is 11.3 Å². The number of hydrogen-bond acceptors (Lipinski definition) is 9. The smallest absolute Gasteiger partial charge is 0.234 e. The van der Waals surface area contributed by atoms with Gasteiger partial charge in [-0.1, -0.05) is 17.4 Å². The lowest BCUT2D eigenvalue weighted by molar-refractivity contribution is 0.324. The standard InChI is InChI=1S/C21H22N4O5S/c1-26-14-7-6-12(8-15(14)27-2)9-18-22-23-21-25(18)24-20(31-21)13-10-16(28-3)19(30-5)17(11-13)29-4/h6-8,10-11H,9H2,1-5H3. The third-order valence-electron chi connectivity index (χ3n) is 4.78. The van der Waals surface area contributed by atoms with E-state index in [1.54, 1.807) is 40.1 Å². The Morgan fingerprint density at radius 1 is 0.774 bits per heavy atom. The maximum atomic E-state index is 5.45. The Morgan fingerprint density at radius 3 is 2.06 bits per heavy atom. The fourth-order valence-electron chi connectivity index (χ4n) is 3.26. The molecule has 0 saturated carbocycles. The number of ether oxygens (including phenoxy) is 5. The Bertz CT molecular complexity index is 1190. The molecule has 0 fully saturated rings. The summed E-state index contributed by atoms with van der Waals surface area (Å²) < 4.78 is 28.8. The summed E-state index contributed by atoms with van der Waals surface area (Å²) in [7, 11) is 7.96. The molecule has 162 valence electrons. The topological polar surface area (TPSA) is 89.2 Å². The summed E-state index contributed by atoms with van der Waals surface area (Å²) >= 11 is 1.43. The average molecular weight is 442 g/mol. The van der Waals surface area contributed by atoms with Gasteiger partial charge in [0, 0.05) is 12.0 Å². The molecule has 0 bridgehead atoms. The first kappa shape index (κ1) is 20.7. The molecule has 0 radical (unpaired) electrons. The Morgan fingerprint density at radius 2 is 1.45 bits per heavy atom. The van der Waals surface area contributed by atoms with Gasteiger partial charge in [-0.25, -0.2) is 0 Å². The van der Waals surface area contributed by atoms with Gasteiger partial charge >= 0.3 is 0 Å². The molecule has 2 aromatic heterocycles. The minimum absolute atomic E-state index is 0.533. The number of aromatic nitrogens is 4. The van der Waals surface area contributed by atoms with Gasteiger partial charge in [0.25, 0.3) is 0 Å². The van der Waals surface area contributed by atoms with Crippen LogP contribution in [0.4, 0.5) is 0 Å². The van der Waals surface area contributed by atoms with E-state index in [4.69, 9.17) is 28.8 Å². The van der Waals surface area contributed by atoms with Gasteiger partial charge in [-0.2, -0.15) is 9.61 Å². The van der Waals surface area contributed by atoms with E-state index in [1.807, 2.05) is 30.3 Å². The second-order valence-corrected chi connectivity index (χ2v) is 7.45. The number of benzene rings is 2. The Kier molecular flexibility index (Phi) is 5.81. The lowest BCUT2D eigenvalue weighted by Gasteiger charge is -2.13. The summed E-state index contributed by atoms with van der Waals surface area (Å²) in [6.45, 7) is 0. The predicted molar refractivity (Wildman–Crippen MR) is 116 cm³/mol. The van der Waals surface area contributed by atoms with Crippen molar-refractivity contribution in [3.8, 4) is 39.3 Å². The Balaban J connectivity index is 1.70. The van der Waals surface area contributed by atoms with Gasteiger partial charge in [0.1, 0.15) is 5.01 Å². The summed E-state index contributed by atoms with van der Waals surface area (Å²) in [5, 5.41) is 14.1. The highest BCUT2D eigenvalue weighted by molar-refractivity contribution is 7.19. The molecule has 10 heteroatoms. The van der Waals surface area contributed by atoms with Crippen LogP contribution < -0.4 is 23.7 Å². The number of fused-ring (bicyclic) bond motifs is 1. The van der Waals surface area contributed by atoms with Crippen LogP contribution in [0.5, 0.6) is 28.7 Å². The first-order chi connectivity index (χ1) is 15.1. The van der Waals surface area contributed by atoms with Crippen LogP contribution in [0.3, 0.4) is 0 Å². The molecule has 0 atom stereocenters. The zero-order chi connectivity index (χ0) is 22.0. The van der Waals surface area contributed by atoms with E-state index in [9.17, 15) is 0 Å². The minimum Gasteiger partial charge on any atom is -0.493 e. The molecule has 4 aromatic rings. The van der Waals surface area contributed by atoms with Gasteiger partial charge in [-0.05, 0) is 29.8 Å². The third kappa shape index (κ3) is 3.81. The summed E-state index contributed by atoms with van der Waals surface area (Å²) in [5.74, 6) is 3.72. The quantitative estimate of drug-likeness (QED) is 0.410. The number of hydrogen-bond donors (Lipinski definition) is 0. The van der Waals surface area contributed by atoms with Crippen molar-refractivity contribution < 1.29 is 23.7 Å². The highest BCUT2D eigenvalue weighted by Crippen LogP contribution is 2.42. The fourth-order valence-corrected chi connectivity index (χ4v) is 4.11. The SMILES string of the molecule is COc1ccc(Cc2nnc3sc(-c4cc(OC)c(OC)c(OC)c4)nn23)cc1OC. The average Bonchev–Trinajstić information content (AvgIpc) is 3.39. The molecule has 31 heavy (non-hydrogen) atoms. The van der Waals surface area contributed by atoms with Crippen LogP contribution in [0, 0.1) is 0 Å². The minimum atomic E-state index is 0.533. The lowest BCUT2D eigenvalue weighted by atomic mass is 10.1. The summed E-state index contributed by atoms with van der Waals surface area (Å²) in [6.07, 6.45) is 0.542. The summed E-state index contributed by atoms with van der Waals surface area (Å²) in [6, 6.07) is 9.48. The lowest BCUT2D eigenvalue weighted by Crippen LogP contribution is -1.99. The van der Waals surface area contributed by atoms with E-state index in [0.29, 0.717) is 40.1 Å². The van der Waals surface area contributed by atoms with Crippen LogP contribution in [-0.2, 0) is 6.42 Å². The second kappa shape index (κ2) is 8.68. The van der Waals surface area contributed by atoms with E-state index < -0.39 is 0 Å². The molecule has 0 aliphatic heterocycles. The number of methoxy groups -OCH3 is 5. The van der Waals surface area contributed by atoms with Gasteiger partial charge in [-0.3, -0.25) is 0 Å². The van der Waals surface area contributed by atoms with Crippen molar-refractivity contribution >= 4 is 16.3 Å². The van der Waals surface area contributed by atoms with Gasteiger partial charge < -0.3 is 23.7 Å². The molecule has 0 unspecified atom stereocenters. The van der Waals surface area contributed by atoms with Crippen molar-refractivity contribution in [2.45, 2.75) is 6.42 Å². The maximum absolute atomic E-state index is 5.45. The van der Waals surface area contributed by atoms with Gasteiger partial charge in [0.15, 0.2) is 28.8 Å². The van der Waals surface area contributed by atoms with E-state index in [2.05, 4.69) is 10.2 Å². The normalized spacial score (nSPS) is 10.9. The van der Waals surface area contributed by atoms with Crippen molar-refractivity contribution in [3.05, 3.63) is 41.7 Å². The maximum Gasteiger partial charge on any atom is 0.234 e. The molecule has 0 N–H and O–H groups in total. The third-order valence-corrected chi connectivity index (χ3v) is 5.73. The van der Waals surface area contributed by atoms with E-state index >= 15 is 0 Å². The van der Waals surface area contributed by atoms with Crippen LogP contribution in [-0.4, -0.2) is 55.4 Å². The number of rotatable bonds is 8. The first-order valence-electron chi connectivity index (χ1n) is 9.34. The Hall–Kier alpha value is -3.53. The Labute approximate surface area is 183 Å². The van der Waals surface area contributed by atoms with Crippen LogP contribution in [0.15, 0.2) is 30.3 Å². The van der Waals surface area contributed by atoms with Crippen molar-refractivity contribution in [2.24, 2.45) is 0 Å². The van der Waals surface area contributed by atoms with Gasteiger partial charge in [0.2, 0.25) is 10.7 Å².